The molecule has 2 N–H and O–H groups in total. The van der Waals surface area contributed by atoms with Gasteiger partial charge in [0.15, 0.2) is 0 Å². The van der Waals surface area contributed by atoms with E-state index in [1.807, 2.05) is 54.6 Å². The van der Waals surface area contributed by atoms with Gasteiger partial charge in [0.2, 0.25) is 11.3 Å². The summed E-state index contributed by atoms with van der Waals surface area (Å²) in [6, 6.07) is 22.4. The highest BCUT2D eigenvalue weighted by Gasteiger charge is 2.13. The van der Waals surface area contributed by atoms with Crippen LogP contribution in [0.2, 0.25) is 0 Å². The maximum atomic E-state index is 12.8. The second-order valence-corrected chi connectivity index (χ2v) is 6.88. The number of aromatic nitrogens is 4. The van der Waals surface area contributed by atoms with E-state index < -0.39 is 0 Å². The second kappa shape index (κ2) is 7.29. The SMILES string of the molecule is O=C(Cn1ncc(=O)c2ccccc21)Nc1ccccc1-c1nc2ccccc2[nH]1. The number of H-pyrrole nitrogens is 1. The number of amides is 1. The van der Waals surface area contributed by atoms with E-state index in [-0.39, 0.29) is 17.9 Å². The lowest BCUT2D eigenvalue weighted by Crippen LogP contribution is -2.22. The Morgan fingerprint density at radius 2 is 1.73 bits per heavy atom. The molecule has 0 saturated heterocycles. The van der Waals surface area contributed by atoms with E-state index in [0.29, 0.717) is 22.4 Å². The van der Waals surface area contributed by atoms with Crippen molar-refractivity contribution in [2.75, 3.05) is 5.32 Å². The van der Waals surface area contributed by atoms with E-state index in [9.17, 15) is 9.59 Å². The van der Waals surface area contributed by atoms with Gasteiger partial charge in [0.05, 0.1) is 28.4 Å². The largest absolute Gasteiger partial charge is 0.338 e. The van der Waals surface area contributed by atoms with E-state index in [4.69, 9.17) is 0 Å². The zero-order valence-electron chi connectivity index (χ0n) is 15.9. The van der Waals surface area contributed by atoms with E-state index >= 15 is 0 Å². The number of imidazole rings is 1. The number of nitrogens with zero attached hydrogens (tertiary/aromatic N) is 3. The van der Waals surface area contributed by atoms with Crippen molar-refractivity contribution in [3.8, 4) is 11.4 Å². The van der Waals surface area contributed by atoms with Crippen LogP contribution in [0.5, 0.6) is 0 Å². The van der Waals surface area contributed by atoms with Crippen LogP contribution in [0.25, 0.3) is 33.3 Å². The van der Waals surface area contributed by atoms with Gasteiger partial charge in [-0.3, -0.25) is 14.3 Å². The van der Waals surface area contributed by atoms with Gasteiger partial charge in [0, 0.05) is 10.9 Å². The highest BCUT2D eigenvalue weighted by molar-refractivity contribution is 5.96. The summed E-state index contributed by atoms with van der Waals surface area (Å²) in [5, 5.41) is 7.60. The summed E-state index contributed by atoms with van der Waals surface area (Å²) in [5.74, 6) is 0.430. The van der Waals surface area contributed by atoms with Crippen LogP contribution in [-0.4, -0.2) is 25.7 Å². The van der Waals surface area contributed by atoms with Gasteiger partial charge in [0.25, 0.3) is 0 Å². The summed E-state index contributed by atoms with van der Waals surface area (Å²) in [7, 11) is 0. The van der Waals surface area contributed by atoms with Gasteiger partial charge < -0.3 is 10.3 Å². The molecule has 0 bridgehead atoms. The molecule has 30 heavy (non-hydrogen) atoms. The molecular formula is C23H17N5O2. The van der Waals surface area contributed by atoms with Crippen LogP contribution in [0.15, 0.2) is 83.8 Å². The first-order chi connectivity index (χ1) is 14.7. The van der Waals surface area contributed by atoms with Gasteiger partial charge >= 0.3 is 0 Å². The van der Waals surface area contributed by atoms with Gasteiger partial charge in [-0.2, -0.15) is 5.10 Å². The smallest absolute Gasteiger partial charge is 0.246 e. The normalized spacial score (nSPS) is 11.1. The summed E-state index contributed by atoms with van der Waals surface area (Å²) in [4.78, 5) is 32.7. The Morgan fingerprint density at radius 3 is 2.63 bits per heavy atom. The minimum absolute atomic E-state index is 0.0186. The lowest BCUT2D eigenvalue weighted by atomic mass is 10.1. The monoisotopic (exact) mass is 395 g/mol. The van der Waals surface area contributed by atoms with E-state index in [2.05, 4.69) is 20.4 Å². The number of aromatic amines is 1. The van der Waals surface area contributed by atoms with Crippen molar-refractivity contribution in [3.05, 3.63) is 89.2 Å². The van der Waals surface area contributed by atoms with Crippen LogP contribution in [0.4, 0.5) is 5.69 Å². The quantitative estimate of drug-likeness (QED) is 0.486. The van der Waals surface area contributed by atoms with Gasteiger partial charge in [0.1, 0.15) is 12.4 Å². The number of anilines is 1. The summed E-state index contributed by atoms with van der Waals surface area (Å²) >= 11 is 0. The average Bonchev–Trinajstić information content (AvgIpc) is 3.20. The zero-order chi connectivity index (χ0) is 20.5. The van der Waals surface area contributed by atoms with Crippen molar-refractivity contribution in [3.63, 3.8) is 0 Å². The Balaban J connectivity index is 1.45. The molecule has 2 aromatic heterocycles. The molecule has 7 heteroatoms. The van der Waals surface area contributed by atoms with E-state index in [0.717, 1.165) is 16.6 Å². The van der Waals surface area contributed by atoms with Crippen LogP contribution >= 0.6 is 0 Å². The molecule has 0 radical (unpaired) electrons. The summed E-state index contributed by atoms with van der Waals surface area (Å²) < 4.78 is 1.52. The van der Waals surface area contributed by atoms with Gasteiger partial charge in [-0.15, -0.1) is 0 Å². The van der Waals surface area contributed by atoms with E-state index in [1.165, 1.54) is 10.9 Å². The molecule has 0 unspecified atom stereocenters. The lowest BCUT2D eigenvalue weighted by Gasteiger charge is -2.12. The highest BCUT2D eigenvalue weighted by atomic mass is 16.2. The third-order valence-electron chi connectivity index (χ3n) is 4.90. The molecule has 5 rings (SSSR count). The van der Waals surface area contributed by atoms with Gasteiger partial charge in [-0.05, 0) is 36.4 Å². The molecule has 0 saturated carbocycles. The molecule has 0 spiro atoms. The molecule has 7 nitrogen and oxygen atoms in total. The molecule has 0 aliphatic heterocycles. The Morgan fingerprint density at radius 1 is 0.967 bits per heavy atom. The van der Waals surface area contributed by atoms with Crippen LogP contribution in [0.1, 0.15) is 0 Å². The molecule has 0 fully saturated rings. The number of hydrogen-bond acceptors (Lipinski definition) is 4. The number of fused-ring (bicyclic) bond motifs is 2. The van der Waals surface area contributed by atoms with Crippen LogP contribution in [0, 0.1) is 0 Å². The highest BCUT2D eigenvalue weighted by Crippen LogP contribution is 2.27. The predicted molar refractivity (Wildman–Crippen MR) is 116 cm³/mol. The maximum absolute atomic E-state index is 12.8. The van der Waals surface area contributed by atoms with Gasteiger partial charge in [-0.25, -0.2) is 4.98 Å². The Kier molecular flexibility index (Phi) is 4.33. The number of rotatable bonds is 4. The minimum atomic E-state index is -0.250. The Hall–Kier alpha value is -4.26. The van der Waals surface area contributed by atoms with Crippen LogP contribution in [-0.2, 0) is 11.3 Å². The molecule has 0 atom stereocenters. The molecule has 146 valence electrons. The molecule has 2 heterocycles. The standard InChI is InChI=1S/C23H17N5O2/c29-21-13-24-28(20-12-6-2-8-16(20)21)14-22(30)25-17-9-3-1-7-15(17)23-26-18-10-4-5-11-19(18)27-23/h1-13H,14H2,(H,25,30)(H,26,27). The molecule has 1 amide bonds. The molecule has 0 aliphatic rings. The van der Waals surface area contributed by atoms with Crippen molar-refractivity contribution in [1.29, 1.82) is 0 Å². The fourth-order valence-corrected chi connectivity index (χ4v) is 3.49. The third-order valence-corrected chi connectivity index (χ3v) is 4.90. The van der Waals surface area contributed by atoms with Crippen molar-refractivity contribution >= 4 is 33.5 Å². The summed E-state index contributed by atoms with van der Waals surface area (Å²) in [6.07, 6.45) is 1.23. The maximum Gasteiger partial charge on any atom is 0.246 e. The van der Waals surface area contributed by atoms with Crippen molar-refractivity contribution in [2.24, 2.45) is 0 Å². The summed E-state index contributed by atoms with van der Waals surface area (Å²) in [5.41, 5.74) is 3.67. The topological polar surface area (TPSA) is 92.7 Å². The molecular weight excluding hydrogens is 378 g/mol. The van der Waals surface area contributed by atoms with Crippen molar-refractivity contribution < 1.29 is 4.79 Å². The molecule has 0 aliphatic carbocycles. The van der Waals surface area contributed by atoms with Crippen LogP contribution < -0.4 is 10.7 Å². The zero-order valence-corrected chi connectivity index (χ0v) is 15.9. The first-order valence-corrected chi connectivity index (χ1v) is 9.48. The third kappa shape index (κ3) is 3.22. The second-order valence-electron chi connectivity index (χ2n) is 6.88. The van der Waals surface area contributed by atoms with Gasteiger partial charge in [-0.1, -0.05) is 36.4 Å². The minimum Gasteiger partial charge on any atom is -0.338 e. The fraction of sp³-hybridized carbons (Fsp3) is 0.0435. The lowest BCUT2D eigenvalue weighted by molar-refractivity contribution is -0.116. The Labute approximate surface area is 171 Å². The Bertz CT molecular complexity index is 1420. The molecule has 3 aromatic carbocycles. The summed E-state index contributed by atoms with van der Waals surface area (Å²) in [6.45, 7) is -0.0186. The number of para-hydroxylation sites is 4. The molecule has 5 aromatic rings. The average molecular weight is 395 g/mol. The van der Waals surface area contributed by atoms with E-state index in [1.54, 1.807) is 18.2 Å². The first-order valence-electron chi connectivity index (χ1n) is 9.48. The number of carbonyl (C=O) groups is 1. The van der Waals surface area contributed by atoms with Crippen molar-refractivity contribution in [2.45, 2.75) is 6.54 Å². The first kappa shape index (κ1) is 17.8. The number of hydrogen-bond donors (Lipinski definition) is 2. The van der Waals surface area contributed by atoms with Crippen molar-refractivity contribution in [1.82, 2.24) is 19.7 Å². The fourth-order valence-electron chi connectivity index (χ4n) is 3.49. The predicted octanol–water partition coefficient (Wildman–Crippen LogP) is 3.58. The van der Waals surface area contributed by atoms with Crippen LogP contribution in [0.3, 0.4) is 0 Å². The number of benzene rings is 3. The number of carbonyl (C=O) groups excluding carboxylic acids is 1. The number of nitrogens with one attached hydrogen (secondary N) is 2.